The summed E-state index contributed by atoms with van der Waals surface area (Å²) in [7, 11) is 0. The molecule has 3 heteroatoms. The van der Waals surface area contributed by atoms with Gasteiger partial charge in [-0.3, -0.25) is 4.79 Å². The molecule has 1 rings (SSSR count). The van der Waals surface area contributed by atoms with E-state index in [9.17, 15) is 4.79 Å². The van der Waals surface area contributed by atoms with Crippen molar-refractivity contribution in [2.75, 3.05) is 5.75 Å². The molecule has 0 aromatic carbocycles. The molecule has 2 nitrogen and oxygen atoms in total. The van der Waals surface area contributed by atoms with Crippen LogP contribution in [0.25, 0.3) is 0 Å². The highest BCUT2D eigenvalue weighted by atomic mass is 32.2. The van der Waals surface area contributed by atoms with Gasteiger partial charge in [0.15, 0.2) is 0 Å². The van der Waals surface area contributed by atoms with E-state index >= 15 is 0 Å². The van der Waals surface area contributed by atoms with E-state index in [1.165, 1.54) is 12.8 Å². The topological polar surface area (TPSA) is 29.1 Å². The molecule has 70 valence electrons. The van der Waals surface area contributed by atoms with Gasteiger partial charge >= 0.3 is 0 Å². The largest absolute Gasteiger partial charge is 0.353 e. The summed E-state index contributed by atoms with van der Waals surface area (Å²) in [5.74, 6) is 1.38. The molecule has 0 spiro atoms. The molecule has 0 radical (unpaired) electrons. The maximum atomic E-state index is 11.5. The van der Waals surface area contributed by atoms with Gasteiger partial charge in [0.2, 0.25) is 5.91 Å². The molecule has 12 heavy (non-hydrogen) atoms. The lowest BCUT2D eigenvalue weighted by molar-refractivity contribution is -0.121. The van der Waals surface area contributed by atoms with Crippen LogP contribution in [0.5, 0.6) is 0 Å². The molecule has 1 N–H and O–H groups in total. The Morgan fingerprint density at radius 1 is 1.50 bits per heavy atom. The van der Waals surface area contributed by atoms with Gasteiger partial charge in [-0.15, -0.1) is 11.8 Å². The summed E-state index contributed by atoms with van der Waals surface area (Å²) in [6.45, 7) is 4.01. The molecule has 1 aliphatic heterocycles. The summed E-state index contributed by atoms with van der Waals surface area (Å²) in [5, 5.41) is 3.18. The van der Waals surface area contributed by atoms with Gasteiger partial charge in [-0.25, -0.2) is 0 Å². The standard InChI is InChI=1S/C9H17NOS/c1-7(2)10-9(11)8-5-3-4-6-12-8/h7-8H,3-6H2,1-2H3,(H,10,11). The fourth-order valence-electron chi connectivity index (χ4n) is 1.32. The molecular weight excluding hydrogens is 170 g/mol. The maximum absolute atomic E-state index is 11.5. The molecule has 0 aromatic rings. The zero-order chi connectivity index (χ0) is 8.97. The van der Waals surface area contributed by atoms with Crippen LogP contribution in [-0.2, 0) is 4.79 Å². The number of nitrogens with one attached hydrogen (secondary N) is 1. The van der Waals surface area contributed by atoms with Crippen LogP contribution in [-0.4, -0.2) is 23.0 Å². The van der Waals surface area contributed by atoms with Crippen molar-refractivity contribution in [3.8, 4) is 0 Å². The number of amides is 1. The molecule has 1 amide bonds. The second-order valence-corrected chi connectivity index (χ2v) is 4.83. The first-order chi connectivity index (χ1) is 5.70. The third-order valence-electron chi connectivity index (χ3n) is 1.90. The molecule has 1 aliphatic rings. The Balaban J connectivity index is 2.30. The molecule has 0 bridgehead atoms. The van der Waals surface area contributed by atoms with Gasteiger partial charge < -0.3 is 5.32 Å². The summed E-state index contributed by atoms with van der Waals surface area (Å²) in [5.41, 5.74) is 0. The monoisotopic (exact) mass is 187 g/mol. The average molecular weight is 187 g/mol. The summed E-state index contributed by atoms with van der Waals surface area (Å²) in [6, 6.07) is 0.278. The van der Waals surface area contributed by atoms with E-state index in [2.05, 4.69) is 5.32 Å². The summed E-state index contributed by atoms with van der Waals surface area (Å²) >= 11 is 1.80. The van der Waals surface area contributed by atoms with Crippen molar-refractivity contribution in [1.82, 2.24) is 5.32 Å². The zero-order valence-electron chi connectivity index (χ0n) is 7.80. The Morgan fingerprint density at radius 3 is 2.75 bits per heavy atom. The molecule has 0 aliphatic carbocycles. The Labute approximate surface area is 78.5 Å². The van der Waals surface area contributed by atoms with E-state index in [0.29, 0.717) is 0 Å². The van der Waals surface area contributed by atoms with Crippen LogP contribution in [0.4, 0.5) is 0 Å². The van der Waals surface area contributed by atoms with Gasteiger partial charge in [-0.2, -0.15) is 0 Å². The van der Waals surface area contributed by atoms with Crippen molar-refractivity contribution in [2.45, 2.75) is 44.4 Å². The number of hydrogen-bond acceptors (Lipinski definition) is 2. The highest BCUT2D eigenvalue weighted by Gasteiger charge is 2.21. The van der Waals surface area contributed by atoms with Crippen LogP contribution in [0.3, 0.4) is 0 Å². The number of hydrogen-bond donors (Lipinski definition) is 1. The van der Waals surface area contributed by atoms with Crippen LogP contribution in [0.15, 0.2) is 0 Å². The van der Waals surface area contributed by atoms with E-state index in [4.69, 9.17) is 0 Å². The number of carbonyl (C=O) groups is 1. The first-order valence-corrected chi connectivity index (χ1v) is 5.67. The smallest absolute Gasteiger partial charge is 0.233 e. The fourth-order valence-corrected chi connectivity index (χ4v) is 2.53. The molecule has 1 fully saturated rings. The van der Waals surface area contributed by atoms with E-state index in [1.807, 2.05) is 13.8 Å². The SMILES string of the molecule is CC(C)NC(=O)C1CCCCS1. The highest BCUT2D eigenvalue weighted by Crippen LogP contribution is 2.24. The van der Waals surface area contributed by atoms with Crippen LogP contribution in [0.1, 0.15) is 33.1 Å². The highest BCUT2D eigenvalue weighted by molar-refractivity contribution is 8.00. The normalized spacial score (nSPS) is 24.1. The molecule has 1 atom stereocenters. The Morgan fingerprint density at radius 2 is 2.25 bits per heavy atom. The second-order valence-electron chi connectivity index (χ2n) is 3.52. The maximum Gasteiger partial charge on any atom is 0.233 e. The minimum Gasteiger partial charge on any atom is -0.353 e. The number of rotatable bonds is 2. The molecule has 1 heterocycles. The molecule has 1 unspecified atom stereocenters. The first-order valence-electron chi connectivity index (χ1n) is 4.62. The Bertz CT molecular complexity index is 153. The van der Waals surface area contributed by atoms with Gasteiger partial charge in [0, 0.05) is 6.04 Å². The second kappa shape index (κ2) is 4.75. The molecule has 1 saturated heterocycles. The van der Waals surface area contributed by atoms with Crippen LogP contribution in [0.2, 0.25) is 0 Å². The predicted octanol–water partition coefficient (Wildman–Crippen LogP) is 1.80. The van der Waals surface area contributed by atoms with Gasteiger partial charge in [0.05, 0.1) is 5.25 Å². The van der Waals surface area contributed by atoms with Gasteiger partial charge in [0.1, 0.15) is 0 Å². The lowest BCUT2D eigenvalue weighted by Crippen LogP contribution is -2.38. The number of thioether (sulfide) groups is 1. The minimum absolute atomic E-state index is 0.223. The van der Waals surface area contributed by atoms with Crippen molar-refractivity contribution in [1.29, 1.82) is 0 Å². The van der Waals surface area contributed by atoms with Crippen LogP contribution < -0.4 is 5.32 Å². The quantitative estimate of drug-likeness (QED) is 0.714. The van der Waals surface area contributed by atoms with E-state index in [0.717, 1.165) is 12.2 Å². The Kier molecular flexibility index (Phi) is 3.92. The third-order valence-corrected chi connectivity index (χ3v) is 3.28. The minimum atomic E-state index is 0.223. The summed E-state index contributed by atoms with van der Waals surface area (Å²) in [6.07, 6.45) is 3.54. The molecule has 0 aromatic heterocycles. The molecule has 0 saturated carbocycles. The van der Waals surface area contributed by atoms with Crippen molar-refractivity contribution < 1.29 is 4.79 Å². The first kappa shape index (κ1) is 9.90. The van der Waals surface area contributed by atoms with E-state index in [-0.39, 0.29) is 17.2 Å². The van der Waals surface area contributed by atoms with Crippen LogP contribution >= 0.6 is 11.8 Å². The van der Waals surface area contributed by atoms with Gasteiger partial charge in [0.25, 0.3) is 0 Å². The summed E-state index contributed by atoms with van der Waals surface area (Å²) in [4.78, 5) is 11.5. The van der Waals surface area contributed by atoms with Crippen molar-refractivity contribution in [2.24, 2.45) is 0 Å². The van der Waals surface area contributed by atoms with Crippen molar-refractivity contribution in [3.05, 3.63) is 0 Å². The fraction of sp³-hybridized carbons (Fsp3) is 0.889. The number of carbonyl (C=O) groups excluding carboxylic acids is 1. The van der Waals surface area contributed by atoms with Crippen molar-refractivity contribution >= 4 is 17.7 Å². The van der Waals surface area contributed by atoms with Gasteiger partial charge in [-0.05, 0) is 32.4 Å². The average Bonchev–Trinajstić information content (AvgIpc) is 2.05. The van der Waals surface area contributed by atoms with E-state index < -0.39 is 0 Å². The predicted molar refractivity (Wildman–Crippen MR) is 53.4 cm³/mol. The van der Waals surface area contributed by atoms with E-state index in [1.54, 1.807) is 11.8 Å². The van der Waals surface area contributed by atoms with Crippen molar-refractivity contribution in [3.63, 3.8) is 0 Å². The lowest BCUT2D eigenvalue weighted by atomic mass is 10.2. The Hall–Kier alpha value is -0.180. The van der Waals surface area contributed by atoms with Gasteiger partial charge in [-0.1, -0.05) is 6.42 Å². The van der Waals surface area contributed by atoms with Crippen LogP contribution in [0, 0.1) is 0 Å². The molecular formula is C9H17NOS. The summed E-state index contributed by atoms with van der Waals surface area (Å²) < 4.78 is 0. The lowest BCUT2D eigenvalue weighted by Gasteiger charge is -2.21. The third kappa shape index (κ3) is 3.05. The zero-order valence-corrected chi connectivity index (χ0v) is 8.62.